The Balaban J connectivity index is 2.73. The van der Waals surface area contributed by atoms with Crippen LogP contribution in [0.3, 0.4) is 0 Å². The zero-order valence-corrected chi connectivity index (χ0v) is 9.62. The van der Waals surface area contributed by atoms with E-state index in [0.717, 1.165) is 11.3 Å². The first-order valence-corrected chi connectivity index (χ1v) is 5.26. The predicted molar refractivity (Wildman–Crippen MR) is 55.7 cm³/mol. The highest BCUT2D eigenvalue weighted by atomic mass is 35.5. The fourth-order valence-electron chi connectivity index (χ4n) is 0.872. The van der Waals surface area contributed by atoms with Crippen molar-refractivity contribution in [3.63, 3.8) is 0 Å². The van der Waals surface area contributed by atoms with E-state index in [1.807, 2.05) is 0 Å². The zero-order valence-electron chi connectivity index (χ0n) is 7.29. The first kappa shape index (κ1) is 11.7. The normalized spacial score (nSPS) is 12.6. The van der Waals surface area contributed by atoms with Crippen LogP contribution >= 0.6 is 34.5 Å². The summed E-state index contributed by atoms with van der Waals surface area (Å²) in [5, 5.41) is 0.247. The number of aromatic nitrogens is 1. The number of carbonyl (C=O) groups excluding carboxylic acids is 1. The summed E-state index contributed by atoms with van der Waals surface area (Å²) in [6.45, 7) is 0. The maximum absolute atomic E-state index is 10.9. The number of rotatable bonds is 3. The molecule has 0 saturated carbocycles. The average molecular weight is 255 g/mol. The quantitative estimate of drug-likeness (QED) is 0.839. The number of nitrogens with zero attached hydrogens (tertiary/aromatic N) is 1. The van der Waals surface area contributed by atoms with Crippen LogP contribution < -0.4 is 5.73 Å². The minimum absolute atomic E-state index is 0.0642. The molecule has 0 saturated heterocycles. The van der Waals surface area contributed by atoms with Crippen molar-refractivity contribution in [3.05, 3.63) is 14.5 Å². The molecule has 4 nitrogen and oxygen atoms in total. The molecule has 0 aliphatic carbocycles. The lowest BCUT2D eigenvalue weighted by molar-refractivity contribution is -0.141. The van der Waals surface area contributed by atoms with Crippen molar-refractivity contribution in [3.8, 4) is 0 Å². The van der Waals surface area contributed by atoms with Gasteiger partial charge in [0.05, 0.1) is 24.4 Å². The van der Waals surface area contributed by atoms with Gasteiger partial charge in [0.1, 0.15) is 5.15 Å². The van der Waals surface area contributed by atoms with Crippen molar-refractivity contribution >= 4 is 40.5 Å². The van der Waals surface area contributed by atoms with E-state index in [1.54, 1.807) is 0 Å². The summed E-state index contributed by atoms with van der Waals surface area (Å²) in [4.78, 5) is 15.3. The van der Waals surface area contributed by atoms with Crippen molar-refractivity contribution in [2.75, 3.05) is 7.11 Å². The van der Waals surface area contributed by atoms with Crippen molar-refractivity contribution in [2.24, 2.45) is 5.73 Å². The van der Waals surface area contributed by atoms with Gasteiger partial charge < -0.3 is 10.5 Å². The Hall–Kier alpha value is -0.360. The minimum atomic E-state index is -0.514. The van der Waals surface area contributed by atoms with Gasteiger partial charge in [0, 0.05) is 0 Å². The predicted octanol–water partition coefficient (Wildman–Crippen LogP) is 2.01. The molecular formula is C7H8Cl2N2O2S. The summed E-state index contributed by atoms with van der Waals surface area (Å²) in [5.41, 5.74) is 5.71. The number of carbonyl (C=O) groups is 1. The molecule has 1 atom stereocenters. The second kappa shape index (κ2) is 4.93. The van der Waals surface area contributed by atoms with Gasteiger partial charge in [-0.05, 0) is 0 Å². The molecule has 0 aliphatic rings. The Morgan fingerprint density at radius 3 is 2.79 bits per heavy atom. The third-order valence-corrected chi connectivity index (χ3v) is 3.23. The number of thiazole rings is 1. The van der Waals surface area contributed by atoms with Gasteiger partial charge in [0.15, 0.2) is 4.47 Å². The molecule has 7 heteroatoms. The van der Waals surface area contributed by atoms with E-state index in [1.165, 1.54) is 7.11 Å². The SMILES string of the molecule is COC(=O)CC(N)c1sc(Cl)nc1Cl. The molecule has 1 aromatic rings. The molecule has 0 aromatic carbocycles. The van der Waals surface area contributed by atoms with Gasteiger partial charge in [0.25, 0.3) is 0 Å². The fourth-order valence-corrected chi connectivity index (χ4v) is 2.32. The van der Waals surface area contributed by atoms with Gasteiger partial charge in [-0.25, -0.2) is 4.98 Å². The second-order valence-electron chi connectivity index (χ2n) is 2.51. The van der Waals surface area contributed by atoms with E-state index in [2.05, 4.69) is 9.72 Å². The molecule has 0 aliphatic heterocycles. The van der Waals surface area contributed by atoms with E-state index in [4.69, 9.17) is 28.9 Å². The number of nitrogens with two attached hydrogens (primary N) is 1. The number of halogens is 2. The second-order valence-corrected chi connectivity index (χ2v) is 4.48. The van der Waals surface area contributed by atoms with Gasteiger partial charge >= 0.3 is 5.97 Å². The average Bonchev–Trinajstić information content (AvgIpc) is 2.45. The van der Waals surface area contributed by atoms with Crippen LogP contribution in [0.2, 0.25) is 9.62 Å². The first-order chi connectivity index (χ1) is 6.54. The standard InChI is InChI=1S/C7H8Cl2N2O2S/c1-13-4(12)2-3(10)5-6(8)11-7(9)14-5/h3H,2,10H2,1H3. The van der Waals surface area contributed by atoms with Crippen LogP contribution in [-0.2, 0) is 9.53 Å². The molecule has 0 spiro atoms. The summed E-state index contributed by atoms with van der Waals surface area (Å²) in [6, 6.07) is -0.514. The molecule has 1 rings (SSSR count). The summed E-state index contributed by atoms with van der Waals surface area (Å²) >= 11 is 12.5. The Bertz CT molecular complexity index is 342. The van der Waals surface area contributed by atoms with Crippen LogP contribution in [0.5, 0.6) is 0 Å². The molecule has 14 heavy (non-hydrogen) atoms. The molecule has 1 heterocycles. The number of ether oxygens (including phenoxy) is 1. The monoisotopic (exact) mass is 254 g/mol. The molecule has 78 valence electrons. The Labute approximate surface area is 95.0 Å². The highest BCUT2D eigenvalue weighted by Crippen LogP contribution is 2.32. The number of hydrogen-bond acceptors (Lipinski definition) is 5. The largest absolute Gasteiger partial charge is 0.469 e. The highest BCUT2D eigenvalue weighted by molar-refractivity contribution is 7.16. The molecule has 0 amide bonds. The summed E-state index contributed by atoms with van der Waals surface area (Å²) in [7, 11) is 1.30. The maximum atomic E-state index is 10.9. The zero-order chi connectivity index (χ0) is 10.7. The van der Waals surface area contributed by atoms with Crippen molar-refractivity contribution < 1.29 is 9.53 Å². The number of esters is 1. The lowest BCUT2D eigenvalue weighted by atomic mass is 10.2. The third kappa shape index (κ3) is 2.81. The van der Waals surface area contributed by atoms with Crippen molar-refractivity contribution in [2.45, 2.75) is 12.5 Å². The van der Waals surface area contributed by atoms with Gasteiger partial charge in [-0.1, -0.05) is 23.2 Å². The molecule has 1 aromatic heterocycles. The molecule has 1 unspecified atom stereocenters. The number of methoxy groups -OCH3 is 1. The topological polar surface area (TPSA) is 65.2 Å². The fraction of sp³-hybridized carbons (Fsp3) is 0.429. The highest BCUT2D eigenvalue weighted by Gasteiger charge is 2.18. The van der Waals surface area contributed by atoms with E-state index in [0.29, 0.717) is 9.34 Å². The van der Waals surface area contributed by atoms with Crippen LogP contribution in [-0.4, -0.2) is 18.1 Å². The Morgan fingerprint density at radius 2 is 2.36 bits per heavy atom. The van der Waals surface area contributed by atoms with Crippen LogP contribution in [0.4, 0.5) is 0 Å². The van der Waals surface area contributed by atoms with Crippen LogP contribution in [0, 0.1) is 0 Å². The first-order valence-electron chi connectivity index (χ1n) is 3.68. The lowest BCUT2D eigenvalue weighted by Crippen LogP contribution is -2.15. The van der Waals surface area contributed by atoms with Crippen LogP contribution in [0.15, 0.2) is 0 Å². The third-order valence-electron chi connectivity index (χ3n) is 1.53. The van der Waals surface area contributed by atoms with E-state index in [-0.39, 0.29) is 11.6 Å². The summed E-state index contributed by atoms with van der Waals surface area (Å²) in [5.74, 6) is -0.391. The van der Waals surface area contributed by atoms with E-state index < -0.39 is 12.0 Å². The van der Waals surface area contributed by atoms with Crippen LogP contribution in [0.25, 0.3) is 0 Å². The Morgan fingerprint density at radius 1 is 1.71 bits per heavy atom. The number of hydrogen-bond donors (Lipinski definition) is 1. The van der Waals surface area contributed by atoms with Crippen LogP contribution in [0.1, 0.15) is 17.3 Å². The Kier molecular flexibility index (Phi) is 4.12. The van der Waals surface area contributed by atoms with Crippen molar-refractivity contribution in [1.29, 1.82) is 0 Å². The molecule has 0 bridgehead atoms. The van der Waals surface area contributed by atoms with Crippen molar-refractivity contribution in [1.82, 2.24) is 4.98 Å². The van der Waals surface area contributed by atoms with E-state index in [9.17, 15) is 4.79 Å². The molecular weight excluding hydrogens is 247 g/mol. The van der Waals surface area contributed by atoms with Gasteiger partial charge in [0.2, 0.25) is 0 Å². The molecule has 2 N–H and O–H groups in total. The smallest absolute Gasteiger partial charge is 0.307 e. The molecule has 0 fully saturated rings. The summed E-state index contributed by atoms with van der Waals surface area (Å²) in [6.07, 6.45) is 0.0642. The lowest BCUT2D eigenvalue weighted by Gasteiger charge is -2.06. The maximum Gasteiger partial charge on any atom is 0.307 e. The van der Waals surface area contributed by atoms with E-state index >= 15 is 0 Å². The molecule has 0 radical (unpaired) electrons. The summed E-state index contributed by atoms with van der Waals surface area (Å²) < 4.78 is 4.79. The van der Waals surface area contributed by atoms with Gasteiger partial charge in [-0.2, -0.15) is 0 Å². The van der Waals surface area contributed by atoms with Gasteiger partial charge in [-0.3, -0.25) is 4.79 Å². The minimum Gasteiger partial charge on any atom is -0.469 e. The van der Waals surface area contributed by atoms with Gasteiger partial charge in [-0.15, -0.1) is 11.3 Å².